The molecule has 84 valence electrons. The Hall–Kier alpha value is -1.12. The molecule has 0 aliphatic carbocycles. The van der Waals surface area contributed by atoms with Crippen molar-refractivity contribution in [3.05, 3.63) is 6.20 Å². The van der Waals surface area contributed by atoms with E-state index >= 15 is 0 Å². The molecule has 4 heteroatoms. The summed E-state index contributed by atoms with van der Waals surface area (Å²) in [6.07, 6.45) is 2.50. The summed E-state index contributed by atoms with van der Waals surface area (Å²) < 4.78 is 5.52. The molecule has 0 bridgehead atoms. The smallest absolute Gasteiger partial charge is 0.229 e. The molecule has 0 radical (unpaired) electrons. The van der Waals surface area contributed by atoms with Gasteiger partial charge >= 0.3 is 0 Å². The van der Waals surface area contributed by atoms with Crippen LogP contribution in [0, 0.1) is 5.92 Å². The molecule has 1 aliphatic heterocycles. The lowest BCUT2D eigenvalue weighted by Gasteiger charge is -2.35. The second kappa shape index (κ2) is 5.69. The van der Waals surface area contributed by atoms with E-state index in [9.17, 15) is 9.59 Å². The van der Waals surface area contributed by atoms with Crippen molar-refractivity contribution in [2.24, 2.45) is 5.92 Å². The summed E-state index contributed by atoms with van der Waals surface area (Å²) in [6, 6.07) is 0. The van der Waals surface area contributed by atoms with Gasteiger partial charge in [0.15, 0.2) is 0 Å². The third-order valence-electron chi connectivity index (χ3n) is 2.77. The van der Waals surface area contributed by atoms with Crippen LogP contribution in [-0.4, -0.2) is 36.0 Å². The molecule has 1 amide bonds. The Morgan fingerprint density at radius 1 is 1.60 bits per heavy atom. The van der Waals surface area contributed by atoms with Gasteiger partial charge in [0.2, 0.25) is 5.91 Å². The van der Waals surface area contributed by atoms with Gasteiger partial charge in [0.05, 0.1) is 18.7 Å². The summed E-state index contributed by atoms with van der Waals surface area (Å²) >= 11 is 0. The van der Waals surface area contributed by atoms with Crippen molar-refractivity contribution in [1.82, 2.24) is 4.90 Å². The predicted molar refractivity (Wildman–Crippen MR) is 55.8 cm³/mol. The van der Waals surface area contributed by atoms with Gasteiger partial charge in [-0.2, -0.15) is 0 Å². The van der Waals surface area contributed by atoms with Gasteiger partial charge in [0, 0.05) is 19.1 Å². The maximum absolute atomic E-state index is 11.6. The first-order chi connectivity index (χ1) is 7.22. The Labute approximate surface area is 89.9 Å². The third-order valence-corrected chi connectivity index (χ3v) is 2.77. The lowest BCUT2D eigenvalue weighted by atomic mass is 9.92. The molecule has 0 aromatic rings. The highest BCUT2D eigenvalue weighted by Crippen LogP contribution is 2.23. The van der Waals surface area contributed by atoms with Gasteiger partial charge in [-0.05, 0) is 13.3 Å². The largest absolute Gasteiger partial charge is 0.378 e. The molecular weight excluding hydrogens is 194 g/mol. The van der Waals surface area contributed by atoms with Crippen molar-refractivity contribution in [3.8, 4) is 0 Å². The molecule has 4 nitrogen and oxygen atoms in total. The van der Waals surface area contributed by atoms with Gasteiger partial charge in [-0.25, -0.2) is 4.79 Å². The molecule has 1 fully saturated rings. The predicted octanol–water partition coefficient (Wildman–Crippen LogP) is 0.995. The highest BCUT2D eigenvalue weighted by Gasteiger charge is 2.32. The monoisotopic (exact) mass is 211 g/mol. The third kappa shape index (κ3) is 2.91. The van der Waals surface area contributed by atoms with E-state index in [-0.39, 0.29) is 12.0 Å². The molecule has 1 rings (SSSR count). The fraction of sp³-hybridized carbons (Fsp3) is 0.727. The van der Waals surface area contributed by atoms with Gasteiger partial charge in [0.1, 0.15) is 5.94 Å². The zero-order valence-electron chi connectivity index (χ0n) is 9.23. The minimum absolute atomic E-state index is 0.00352. The summed E-state index contributed by atoms with van der Waals surface area (Å²) in [5, 5.41) is 0. The van der Waals surface area contributed by atoms with Crippen molar-refractivity contribution < 1.29 is 14.3 Å². The maximum atomic E-state index is 11.6. The average Bonchev–Trinajstić information content (AvgIpc) is 2.22. The molecule has 2 atom stereocenters. The van der Waals surface area contributed by atoms with Crippen LogP contribution in [-0.2, 0) is 14.3 Å². The average molecular weight is 211 g/mol. The Morgan fingerprint density at radius 3 is 2.87 bits per heavy atom. The van der Waals surface area contributed by atoms with Crippen LogP contribution in [0.25, 0.3) is 0 Å². The van der Waals surface area contributed by atoms with Crippen molar-refractivity contribution in [2.45, 2.75) is 32.8 Å². The molecular formula is C11H17NO3. The van der Waals surface area contributed by atoms with E-state index in [0.717, 1.165) is 6.42 Å². The topological polar surface area (TPSA) is 46.6 Å². The van der Waals surface area contributed by atoms with Crippen molar-refractivity contribution in [3.63, 3.8) is 0 Å². The number of hydrogen-bond donors (Lipinski definition) is 0. The minimum atomic E-state index is -0.0542. The van der Waals surface area contributed by atoms with Crippen LogP contribution < -0.4 is 0 Å². The first-order valence-corrected chi connectivity index (χ1v) is 5.35. The number of hydrogen-bond acceptors (Lipinski definition) is 3. The van der Waals surface area contributed by atoms with Crippen LogP contribution in [0.4, 0.5) is 0 Å². The van der Waals surface area contributed by atoms with Gasteiger partial charge in [-0.15, -0.1) is 0 Å². The number of rotatable bonds is 4. The summed E-state index contributed by atoms with van der Waals surface area (Å²) in [7, 11) is 0. The number of carbonyl (C=O) groups is 1. The van der Waals surface area contributed by atoms with Gasteiger partial charge in [0.25, 0.3) is 0 Å². The summed E-state index contributed by atoms with van der Waals surface area (Å²) in [4.78, 5) is 23.2. The van der Waals surface area contributed by atoms with E-state index in [1.165, 1.54) is 11.1 Å². The number of likely N-dealkylation sites (tertiary alicyclic amines) is 1. The number of ether oxygens (including phenoxy) is 1. The summed E-state index contributed by atoms with van der Waals surface area (Å²) in [5.74, 6) is 1.91. The van der Waals surface area contributed by atoms with Gasteiger partial charge < -0.3 is 9.64 Å². The molecule has 15 heavy (non-hydrogen) atoms. The highest BCUT2D eigenvalue weighted by atomic mass is 16.5. The Morgan fingerprint density at radius 2 is 2.33 bits per heavy atom. The van der Waals surface area contributed by atoms with Crippen molar-refractivity contribution in [2.75, 3.05) is 13.2 Å². The molecule has 0 unspecified atom stereocenters. The zero-order valence-corrected chi connectivity index (χ0v) is 9.23. The maximum Gasteiger partial charge on any atom is 0.229 e. The molecule has 1 heterocycles. The Balaban J connectivity index is 2.68. The number of piperidine rings is 1. The molecule has 0 aromatic carbocycles. The van der Waals surface area contributed by atoms with Crippen LogP contribution in [0.2, 0.25) is 0 Å². The summed E-state index contributed by atoms with van der Waals surface area (Å²) in [6.45, 7) is 5.18. The SMILES string of the molecule is CCO[C@@H]1CC(=O)N(C=C=O)C[C@H]1CC. The van der Waals surface area contributed by atoms with Gasteiger partial charge in [-0.1, -0.05) is 6.92 Å². The van der Waals surface area contributed by atoms with Crippen LogP contribution in [0.5, 0.6) is 0 Å². The van der Waals surface area contributed by atoms with E-state index < -0.39 is 0 Å². The van der Waals surface area contributed by atoms with E-state index in [2.05, 4.69) is 6.92 Å². The van der Waals surface area contributed by atoms with E-state index in [1.807, 2.05) is 6.92 Å². The van der Waals surface area contributed by atoms with Crippen LogP contribution in [0.3, 0.4) is 0 Å². The van der Waals surface area contributed by atoms with Crippen LogP contribution >= 0.6 is 0 Å². The molecule has 0 N–H and O–H groups in total. The van der Waals surface area contributed by atoms with E-state index in [4.69, 9.17) is 4.74 Å². The van der Waals surface area contributed by atoms with Crippen molar-refractivity contribution >= 4 is 11.8 Å². The van der Waals surface area contributed by atoms with Crippen LogP contribution in [0.1, 0.15) is 26.7 Å². The second-order valence-electron chi connectivity index (χ2n) is 3.66. The normalized spacial score (nSPS) is 26.3. The quantitative estimate of drug-likeness (QED) is 0.652. The van der Waals surface area contributed by atoms with E-state index in [0.29, 0.717) is 25.5 Å². The second-order valence-corrected chi connectivity index (χ2v) is 3.66. The van der Waals surface area contributed by atoms with Gasteiger partial charge in [-0.3, -0.25) is 4.79 Å². The fourth-order valence-electron chi connectivity index (χ4n) is 1.92. The summed E-state index contributed by atoms with van der Waals surface area (Å²) in [5.41, 5.74) is 0. The van der Waals surface area contributed by atoms with Crippen LogP contribution in [0.15, 0.2) is 6.20 Å². The lowest BCUT2D eigenvalue weighted by molar-refractivity contribution is -0.139. The number of nitrogens with zero attached hydrogens (tertiary/aromatic N) is 1. The van der Waals surface area contributed by atoms with Crippen molar-refractivity contribution in [1.29, 1.82) is 0 Å². The molecule has 1 aliphatic rings. The molecule has 0 aromatic heterocycles. The number of carbonyl (C=O) groups excluding carboxylic acids is 2. The fourth-order valence-corrected chi connectivity index (χ4v) is 1.92. The lowest BCUT2D eigenvalue weighted by Crippen LogP contribution is -2.45. The van der Waals surface area contributed by atoms with E-state index in [1.54, 1.807) is 5.94 Å². The molecule has 0 saturated carbocycles. The number of amides is 1. The minimum Gasteiger partial charge on any atom is -0.378 e. The first kappa shape index (κ1) is 12.0. The Kier molecular flexibility index (Phi) is 4.53. The molecule has 0 spiro atoms. The Bertz CT molecular complexity index is 271. The first-order valence-electron chi connectivity index (χ1n) is 5.35. The standard InChI is InChI=1S/C11H17NO3/c1-3-9-8-12(5-6-13)11(14)7-10(9)15-4-2/h5,9-10H,3-4,7-8H2,1-2H3/t9-,10-/m1/s1. The highest BCUT2D eigenvalue weighted by molar-refractivity contribution is 5.80. The zero-order chi connectivity index (χ0) is 11.3. The molecule has 1 saturated heterocycles.